The molecule has 0 aromatic carbocycles. The van der Waals surface area contributed by atoms with Gasteiger partial charge in [0.1, 0.15) is 12.4 Å². The van der Waals surface area contributed by atoms with E-state index in [1.165, 1.54) is 0 Å². The Balaban J connectivity index is 1.67. The summed E-state index contributed by atoms with van der Waals surface area (Å²) in [6.07, 6.45) is 10.2. The molecule has 0 radical (unpaired) electrons. The first-order chi connectivity index (χ1) is 9.86. The van der Waals surface area contributed by atoms with Gasteiger partial charge in [0.15, 0.2) is 11.6 Å². The predicted molar refractivity (Wildman–Crippen MR) is 72.7 cm³/mol. The number of aryl methyl sites for hydroxylation is 2. The largest absolute Gasteiger partial charge is 0.455 e. The SMILES string of the molecule is OCc1ccc(-c2nccn2CCCn2ccnc2)o1. The lowest BCUT2D eigenvalue weighted by molar-refractivity contribution is 0.248. The molecule has 104 valence electrons. The second kappa shape index (κ2) is 5.75. The molecule has 3 aromatic heterocycles. The van der Waals surface area contributed by atoms with Crippen LogP contribution in [0.3, 0.4) is 0 Å². The highest BCUT2D eigenvalue weighted by molar-refractivity contribution is 5.47. The second-order valence-corrected chi connectivity index (χ2v) is 4.52. The van der Waals surface area contributed by atoms with E-state index in [1.54, 1.807) is 18.5 Å². The summed E-state index contributed by atoms with van der Waals surface area (Å²) in [4.78, 5) is 8.34. The molecule has 20 heavy (non-hydrogen) atoms. The number of furan rings is 1. The van der Waals surface area contributed by atoms with Crippen molar-refractivity contribution in [2.75, 3.05) is 0 Å². The van der Waals surface area contributed by atoms with Gasteiger partial charge in [-0.1, -0.05) is 0 Å². The molecule has 0 amide bonds. The van der Waals surface area contributed by atoms with E-state index in [2.05, 4.69) is 14.5 Å². The van der Waals surface area contributed by atoms with E-state index in [-0.39, 0.29) is 6.61 Å². The molecular formula is C14H16N4O2. The Labute approximate surface area is 116 Å². The summed E-state index contributed by atoms with van der Waals surface area (Å²) < 4.78 is 9.62. The fourth-order valence-electron chi connectivity index (χ4n) is 2.14. The van der Waals surface area contributed by atoms with Crippen LogP contribution in [0.25, 0.3) is 11.6 Å². The van der Waals surface area contributed by atoms with Crippen LogP contribution in [0, 0.1) is 0 Å². The average molecular weight is 272 g/mol. The molecular weight excluding hydrogens is 256 g/mol. The minimum absolute atomic E-state index is 0.0959. The fraction of sp³-hybridized carbons (Fsp3) is 0.286. The van der Waals surface area contributed by atoms with Gasteiger partial charge in [0, 0.05) is 37.9 Å². The first-order valence-electron chi connectivity index (χ1n) is 6.53. The molecule has 3 heterocycles. The van der Waals surface area contributed by atoms with Crippen LogP contribution in [0.1, 0.15) is 12.2 Å². The molecule has 0 unspecified atom stereocenters. The summed E-state index contributed by atoms with van der Waals surface area (Å²) in [5.74, 6) is 2.02. The Morgan fingerprint density at radius 1 is 1.15 bits per heavy atom. The lowest BCUT2D eigenvalue weighted by atomic mass is 10.3. The summed E-state index contributed by atoms with van der Waals surface area (Å²) in [6.45, 7) is 1.67. The minimum Gasteiger partial charge on any atom is -0.455 e. The molecule has 0 atom stereocenters. The van der Waals surface area contributed by atoms with Crippen LogP contribution in [0.4, 0.5) is 0 Å². The molecule has 0 saturated heterocycles. The Hall–Kier alpha value is -2.34. The molecule has 0 spiro atoms. The van der Waals surface area contributed by atoms with Crippen molar-refractivity contribution in [3.05, 3.63) is 49.0 Å². The van der Waals surface area contributed by atoms with E-state index < -0.39 is 0 Å². The molecule has 0 saturated carbocycles. The van der Waals surface area contributed by atoms with Gasteiger partial charge in [-0.2, -0.15) is 0 Å². The van der Waals surface area contributed by atoms with Gasteiger partial charge in [0.25, 0.3) is 0 Å². The van der Waals surface area contributed by atoms with Crippen molar-refractivity contribution in [2.45, 2.75) is 26.1 Å². The van der Waals surface area contributed by atoms with Gasteiger partial charge in [0.2, 0.25) is 0 Å². The number of aromatic nitrogens is 4. The number of aliphatic hydroxyl groups excluding tert-OH is 1. The molecule has 0 aliphatic carbocycles. The molecule has 0 aliphatic heterocycles. The van der Waals surface area contributed by atoms with Gasteiger partial charge >= 0.3 is 0 Å². The summed E-state index contributed by atoms with van der Waals surface area (Å²) in [6, 6.07) is 3.60. The van der Waals surface area contributed by atoms with Crippen LogP contribution in [-0.4, -0.2) is 24.2 Å². The van der Waals surface area contributed by atoms with Crippen LogP contribution in [0.5, 0.6) is 0 Å². The van der Waals surface area contributed by atoms with Crippen molar-refractivity contribution in [2.24, 2.45) is 0 Å². The van der Waals surface area contributed by atoms with Crippen molar-refractivity contribution in [1.29, 1.82) is 0 Å². The van der Waals surface area contributed by atoms with Crippen LogP contribution in [0.15, 0.2) is 47.7 Å². The Bertz CT molecular complexity index is 654. The third-order valence-corrected chi connectivity index (χ3v) is 3.13. The molecule has 6 nitrogen and oxygen atoms in total. The smallest absolute Gasteiger partial charge is 0.176 e. The maximum atomic E-state index is 9.04. The van der Waals surface area contributed by atoms with E-state index in [9.17, 15) is 0 Å². The zero-order chi connectivity index (χ0) is 13.8. The molecule has 0 fully saturated rings. The minimum atomic E-state index is -0.0959. The highest BCUT2D eigenvalue weighted by Crippen LogP contribution is 2.20. The number of aliphatic hydroxyl groups is 1. The lowest BCUT2D eigenvalue weighted by Gasteiger charge is -2.06. The molecule has 0 bridgehead atoms. The van der Waals surface area contributed by atoms with E-state index >= 15 is 0 Å². The van der Waals surface area contributed by atoms with Gasteiger partial charge in [0.05, 0.1) is 6.33 Å². The Kier molecular flexibility index (Phi) is 3.64. The molecule has 1 N–H and O–H groups in total. The van der Waals surface area contributed by atoms with Crippen LogP contribution in [-0.2, 0) is 19.7 Å². The zero-order valence-electron chi connectivity index (χ0n) is 11.0. The second-order valence-electron chi connectivity index (χ2n) is 4.52. The zero-order valence-corrected chi connectivity index (χ0v) is 11.0. The molecule has 0 aliphatic rings. The molecule has 6 heteroatoms. The highest BCUT2D eigenvalue weighted by atomic mass is 16.4. The lowest BCUT2D eigenvalue weighted by Crippen LogP contribution is -2.03. The third kappa shape index (κ3) is 2.65. The summed E-state index contributed by atoms with van der Waals surface area (Å²) >= 11 is 0. The standard InChI is InChI=1S/C14H16N4O2/c19-10-12-2-3-13(20-12)14-16-5-9-18(14)7-1-6-17-8-4-15-11-17/h2-5,8-9,11,19H,1,6-7,10H2. The Morgan fingerprint density at radius 3 is 2.85 bits per heavy atom. The van der Waals surface area contributed by atoms with Crippen molar-refractivity contribution in [3.63, 3.8) is 0 Å². The van der Waals surface area contributed by atoms with Crippen LogP contribution >= 0.6 is 0 Å². The number of hydrogen-bond donors (Lipinski definition) is 1. The topological polar surface area (TPSA) is 69.0 Å². The normalized spacial score (nSPS) is 11.1. The van der Waals surface area contributed by atoms with E-state index in [4.69, 9.17) is 9.52 Å². The summed E-state index contributed by atoms with van der Waals surface area (Å²) in [7, 11) is 0. The van der Waals surface area contributed by atoms with Gasteiger partial charge in [-0.05, 0) is 18.6 Å². The van der Waals surface area contributed by atoms with Gasteiger partial charge in [-0.25, -0.2) is 9.97 Å². The predicted octanol–water partition coefficient (Wildman–Crippen LogP) is 1.92. The first kappa shape index (κ1) is 12.7. The Morgan fingerprint density at radius 2 is 2.10 bits per heavy atom. The van der Waals surface area contributed by atoms with Crippen molar-refractivity contribution in [1.82, 2.24) is 19.1 Å². The highest BCUT2D eigenvalue weighted by Gasteiger charge is 2.10. The van der Waals surface area contributed by atoms with Crippen molar-refractivity contribution < 1.29 is 9.52 Å². The van der Waals surface area contributed by atoms with E-state index in [0.29, 0.717) is 11.5 Å². The number of rotatable bonds is 6. The number of hydrogen-bond acceptors (Lipinski definition) is 4. The van der Waals surface area contributed by atoms with Crippen molar-refractivity contribution in [3.8, 4) is 11.6 Å². The quantitative estimate of drug-likeness (QED) is 0.744. The molecule has 3 aromatic rings. The third-order valence-electron chi connectivity index (χ3n) is 3.13. The van der Waals surface area contributed by atoms with Gasteiger partial charge < -0.3 is 18.7 Å². The van der Waals surface area contributed by atoms with Crippen LogP contribution in [0.2, 0.25) is 0 Å². The maximum absolute atomic E-state index is 9.04. The summed E-state index contributed by atoms with van der Waals surface area (Å²) in [5, 5.41) is 9.04. The fourth-order valence-corrected chi connectivity index (χ4v) is 2.14. The summed E-state index contributed by atoms with van der Waals surface area (Å²) in [5.41, 5.74) is 0. The van der Waals surface area contributed by atoms with Crippen LogP contribution < -0.4 is 0 Å². The maximum Gasteiger partial charge on any atom is 0.176 e. The van der Waals surface area contributed by atoms with Gasteiger partial charge in [-0.15, -0.1) is 0 Å². The van der Waals surface area contributed by atoms with E-state index in [0.717, 1.165) is 25.3 Å². The number of imidazole rings is 2. The van der Waals surface area contributed by atoms with Crippen molar-refractivity contribution >= 4 is 0 Å². The first-order valence-corrected chi connectivity index (χ1v) is 6.53. The molecule has 3 rings (SSSR count). The average Bonchev–Trinajstić information content (AvgIpc) is 3.20. The monoisotopic (exact) mass is 272 g/mol. The number of nitrogens with zero attached hydrogens (tertiary/aromatic N) is 4. The van der Waals surface area contributed by atoms with Gasteiger partial charge in [-0.3, -0.25) is 0 Å². The van der Waals surface area contributed by atoms with E-state index in [1.807, 2.05) is 29.4 Å².